The van der Waals surface area contributed by atoms with Crippen LogP contribution in [0.2, 0.25) is 0 Å². The third kappa shape index (κ3) is 4.20. The normalized spacial score (nSPS) is 12.7. The summed E-state index contributed by atoms with van der Waals surface area (Å²) in [6.07, 6.45) is 2.61. The third-order valence-electron chi connectivity index (χ3n) is 3.51. The van der Waals surface area contributed by atoms with Crippen molar-refractivity contribution in [1.29, 1.82) is 0 Å². The molecule has 0 aromatic rings. The quantitative estimate of drug-likeness (QED) is 0.711. The molecular weight excluding hydrogens is 188 g/mol. The van der Waals surface area contributed by atoms with Crippen LogP contribution in [0.3, 0.4) is 0 Å². The summed E-state index contributed by atoms with van der Waals surface area (Å²) < 4.78 is 0. The molecule has 3 heteroatoms. The Morgan fingerprint density at radius 1 is 1.13 bits per heavy atom. The first-order valence-corrected chi connectivity index (χ1v) is 5.88. The average Bonchev–Trinajstić information content (AvgIpc) is 2.25. The number of amides is 1. The molecular formula is C12H26N2O. The molecule has 3 nitrogen and oxygen atoms in total. The van der Waals surface area contributed by atoms with Gasteiger partial charge in [0, 0.05) is 17.5 Å². The summed E-state index contributed by atoms with van der Waals surface area (Å²) in [5.41, 5.74) is 5.58. The predicted octanol–water partition coefficient (Wildman–Crippen LogP) is 2.06. The zero-order chi connectivity index (χ0) is 12.1. The highest BCUT2D eigenvalue weighted by atomic mass is 16.2. The Morgan fingerprint density at radius 2 is 1.60 bits per heavy atom. The second-order valence-corrected chi connectivity index (χ2v) is 4.99. The number of carbonyl (C=O) groups excluding carboxylic acids is 1. The van der Waals surface area contributed by atoms with E-state index < -0.39 is 0 Å². The first-order chi connectivity index (χ1) is 6.81. The van der Waals surface area contributed by atoms with E-state index in [9.17, 15) is 4.79 Å². The summed E-state index contributed by atoms with van der Waals surface area (Å²) in [6.45, 7) is 10.6. The van der Waals surface area contributed by atoms with E-state index in [1.165, 1.54) is 0 Å². The fraction of sp³-hybridized carbons (Fsp3) is 0.917. The minimum Gasteiger partial charge on any atom is -0.354 e. The van der Waals surface area contributed by atoms with Crippen molar-refractivity contribution in [3.05, 3.63) is 0 Å². The van der Waals surface area contributed by atoms with Crippen molar-refractivity contribution in [3.63, 3.8) is 0 Å². The zero-order valence-electron chi connectivity index (χ0n) is 10.8. The Hall–Kier alpha value is -0.570. The van der Waals surface area contributed by atoms with Crippen molar-refractivity contribution in [3.8, 4) is 0 Å². The summed E-state index contributed by atoms with van der Waals surface area (Å²) >= 11 is 0. The highest BCUT2D eigenvalue weighted by Gasteiger charge is 2.28. The van der Waals surface area contributed by atoms with Crippen molar-refractivity contribution < 1.29 is 4.79 Å². The molecule has 0 saturated heterocycles. The van der Waals surface area contributed by atoms with E-state index in [0.29, 0.717) is 6.54 Å². The predicted molar refractivity (Wildman–Crippen MR) is 64.6 cm³/mol. The van der Waals surface area contributed by atoms with Gasteiger partial charge < -0.3 is 11.1 Å². The molecule has 0 aliphatic rings. The van der Waals surface area contributed by atoms with Crippen molar-refractivity contribution in [2.45, 2.75) is 59.4 Å². The van der Waals surface area contributed by atoms with Gasteiger partial charge in [-0.25, -0.2) is 0 Å². The van der Waals surface area contributed by atoms with E-state index in [1.807, 2.05) is 20.8 Å². The van der Waals surface area contributed by atoms with Crippen LogP contribution in [0.1, 0.15) is 53.9 Å². The number of nitrogens with one attached hydrogen (secondary N) is 1. The molecule has 0 bridgehead atoms. The van der Waals surface area contributed by atoms with Crippen molar-refractivity contribution in [2.24, 2.45) is 11.1 Å². The Kier molecular flexibility index (Phi) is 5.29. The highest BCUT2D eigenvalue weighted by molar-refractivity contribution is 5.81. The van der Waals surface area contributed by atoms with Gasteiger partial charge in [0.25, 0.3) is 0 Å². The maximum atomic E-state index is 11.8. The van der Waals surface area contributed by atoms with Crippen LogP contribution in [-0.4, -0.2) is 18.0 Å². The van der Waals surface area contributed by atoms with Crippen molar-refractivity contribution in [2.75, 3.05) is 6.54 Å². The molecule has 0 fully saturated rings. The van der Waals surface area contributed by atoms with Gasteiger partial charge >= 0.3 is 0 Å². The van der Waals surface area contributed by atoms with E-state index in [2.05, 4.69) is 19.2 Å². The topological polar surface area (TPSA) is 55.1 Å². The Bertz CT molecular complexity index is 208. The van der Waals surface area contributed by atoms with E-state index >= 15 is 0 Å². The van der Waals surface area contributed by atoms with Crippen LogP contribution in [0.4, 0.5) is 0 Å². The number of rotatable bonds is 6. The van der Waals surface area contributed by atoms with E-state index in [-0.39, 0.29) is 16.9 Å². The van der Waals surface area contributed by atoms with Crippen LogP contribution in [0, 0.1) is 5.41 Å². The highest BCUT2D eigenvalue weighted by Crippen LogP contribution is 2.20. The summed E-state index contributed by atoms with van der Waals surface area (Å²) in [6, 6.07) is 0. The zero-order valence-corrected chi connectivity index (χ0v) is 10.8. The lowest BCUT2D eigenvalue weighted by atomic mass is 9.88. The van der Waals surface area contributed by atoms with Crippen LogP contribution >= 0.6 is 0 Å². The van der Waals surface area contributed by atoms with Crippen molar-refractivity contribution in [1.82, 2.24) is 5.32 Å². The summed E-state index contributed by atoms with van der Waals surface area (Å²) in [5.74, 6) is 0.0988. The Labute approximate surface area is 93.8 Å². The van der Waals surface area contributed by atoms with Gasteiger partial charge in [0.05, 0.1) is 0 Å². The number of hydrogen-bond donors (Lipinski definition) is 2. The van der Waals surface area contributed by atoms with Crippen molar-refractivity contribution >= 4 is 5.91 Å². The number of nitrogens with two attached hydrogens (primary N) is 1. The molecule has 90 valence electrons. The molecule has 15 heavy (non-hydrogen) atoms. The largest absolute Gasteiger partial charge is 0.354 e. The average molecular weight is 214 g/mol. The van der Waals surface area contributed by atoms with Crippen LogP contribution in [0.5, 0.6) is 0 Å². The van der Waals surface area contributed by atoms with E-state index in [0.717, 1.165) is 19.3 Å². The van der Waals surface area contributed by atoms with Crippen LogP contribution in [0.25, 0.3) is 0 Å². The van der Waals surface area contributed by atoms with Gasteiger partial charge in [0.1, 0.15) is 0 Å². The molecule has 0 aliphatic heterocycles. The molecule has 0 rings (SSSR count). The van der Waals surface area contributed by atoms with E-state index in [1.54, 1.807) is 0 Å². The second kappa shape index (κ2) is 5.50. The first-order valence-electron chi connectivity index (χ1n) is 5.88. The van der Waals surface area contributed by atoms with Crippen LogP contribution in [0.15, 0.2) is 0 Å². The fourth-order valence-electron chi connectivity index (χ4n) is 1.16. The lowest BCUT2D eigenvalue weighted by molar-refractivity contribution is -0.129. The third-order valence-corrected chi connectivity index (χ3v) is 3.51. The number of carbonyl (C=O) groups is 1. The first kappa shape index (κ1) is 14.4. The summed E-state index contributed by atoms with van der Waals surface area (Å²) in [7, 11) is 0. The molecule has 0 unspecified atom stereocenters. The molecule has 0 saturated carbocycles. The molecule has 0 aliphatic carbocycles. The standard InChI is InChI=1S/C12H26N2O/c1-6-11(4,5)10(15)14-9-12(13,7-2)8-3/h6-9,13H2,1-5H3,(H,14,15). The SMILES string of the molecule is CCC(N)(CC)CNC(=O)C(C)(C)CC. The molecule has 0 atom stereocenters. The minimum absolute atomic E-state index is 0.0988. The lowest BCUT2D eigenvalue weighted by Crippen LogP contribution is -2.51. The van der Waals surface area contributed by atoms with Gasteiger partial charge in [0.2, 0.25) is 5.91 Å². The van der Waals surface area contributed by atoms with Gasteiger partial charge in [-0.15, -0.1) is 0 Å². The maximum Gasteiger partial charge on any atom is 0.225 e. The van der Waals surface area contributed by atoms with E-state index in [4.69, 9.17) is 5.73 Å². The Morgan fingerprint density at radius 3 is 1.93 bits per heavy atom. The molecule has 0 spiro atoms. The van der Waals surface area contributed by atoms with Gasteiger partial charge in [-0.2, -0.15) is 0 Å². The lowest BCUT2D eigenvalue weighted by Gasteiger charge is -2.29. The summed E-state index contributed by atoms with van der Waals surface area (Å²) in [4.78, 5) is 11.8. The van der Waals surface area contributed by atoms with Gasteiger partial charge in [-0.3, -0.25) is 4.79 Å². The molecule has 0 aromatic heterocycles. The molecule has 0 aromatic carbocycles. The van der Waals surface area contributed by atoms with Gasteiger partial charge in [-0.05, 0) is 19.3 Å². The molecule has 1 amide bonds. The van der Waals surface area contributed by atoms with Gasteiger partial charge in [-0.1, -0.05) is 34.6 Å². The number of hydrogen-bond acceptors (Lipinski definition) is 2. The summed E-state index contributed by atoms with van der Waals surface area (Å²) in [5, 5.41) is 2.95. The molecule has 3 N–H and O–H groups in total. The minimum atomic E-state index is -0.289. The molecule has 0 heterocycles. The van der Waals surface area contributed by atoms with Gasteiger partial charge in [0.15, 0.2) is 0 Å². The maximum absolute atomic E-state index is 11.8. The second-order valence-electron chi connectivity index (χ2n) is 4.99. The smallest absolute Gasteiger partial charge is 0.225 e. The molecule has 0 radical (unpaired) electrons. The van der Waals surface area contributed by atoms with Crippen LogP contribution < -0.4 is 11.1 Å². The van der Waals surface area contributed by atoms with Crippen LogP contribution in [-0.2, 0) is 4.79 Å². The fourth-order valence-corrected chi connectivity index (χ4v) is 1.16. The monoisotopic (exact) mass is 214 g/mol. The Balaban J connectivity index is 4.22.